The van der Waals surface area contributed by atoms with Crippen molar-refractivity contribution < 1.29 is 18.7 Å². The molecule has 8 heteroatoms. The monoisotopic (exact) mass is 380 g/mol. The first-order chi connectivity index (χ1) is 13.7. The summed E-state index contributed by atoms with van der Waals surface area (Å²) in [5.41, 5.74) is 2.32. The van der Waals surface area contributed by atoms with Gasteiger partial charge in [-0.15, -0.1) is 0 Å². The Morgan fingerprint density at radius 3 is 2.54 bits per heavy atom. The van der Waals surface area contributed by atoms with E-state index in [1.165, 1.54) is 13.4 Å². The normalized spacial score (nSPS) is 10.2. The van der Waals surface area contributed by atoms with Gasteiger partial charge in [0.25, 0.3) is 5.91 Å². The first-order valence-electron chi connectivity index (χ1n) is 8.59. The van der Waals surface area contributed by atoms with Gasteiger partial charge in [-0.3, -0.25) is 4.79 Å². The second kappa shape index (κ2) is 9.22. The van der Waals surface area contributed by atoms with Gasteiger partial charge in [-0.2, -0.15) is 0 Å². The lowest BCUT2D eigenvalue weighted by Crippen LogP contribution is -2.34. The number of urea groups is 1. The number of methoxy groups -OCH3 is 1. The minimum Gasteiger partial charge on any atom is -0.481 e. The van der Waals surface area contributed by atoms with Crippen LogP contribution in [0.5, 0.6) is 5.88 Å². The molecule has 0 fully saturated rings. The molecule has 0 aliphatic heterocycles. The van der Waals surface area contributed by atoms with Crippen LogP contribution >= 0.6 is 0 Å². The molecular weight excluding hydrogens is 360 g/mol. The molecule has 28 heavy (non-hydrogen) atoms. The molecule has 3 rings (SSSR count). The number of nitrogens with one attached hydrogen (secondary N) is 3. The van der Waals surface area contributed by atoms with Crippen LogP contribution in [0.25, 0.3) is 0 Å². The SMILES string of the molecule is COc1ncccc1CNC(=O)NCc1ccc(NC(=O)c2ccco2)cc1. The molecule has 0 aliphatic carbocycles. The lowest BCUT2D eigenvalue weighted by atomic mass is 10.2. The van der Waals surface area contributed by atoms with Crippen LogP contribution in [0.4, 0.5) is 10.5 Å². The number of hydrogen-bond acceptors (Lipinski definition) is 5. The minimum atomic E-state index is -0.318. The average molecular weight is 380 g/mol. The Hall–Kier alpha value is -3.81. The van der Waals surface area contributed by atoms with Crippen LogP contribution in [-0.4, -0.2) is 24.0 Å². The number of pyridine rings is 1. The van der Waals surface area contributed by atoms with Crippen molar-refractivity contribution in [1.29, 1.82) is 0 Å². The molecule has 8 nitrogen and oxygen atoms in total. The van der Waals surface area contributed by atoms with E-state index in [-0.39, 0.29) is 17.7 Å². The maximum atomic E-state index is 12.0. The molecule has 2 heterocycles. The molecule has 0 saturated heterocycles. The first kappa shape index (κ1) is 19.0. The van der Waals surface area contributed by atoms with Crippen molar-refractivity contribution in [2.24, 2.45) is 0 Å². The number of rotatable bonds is 7. The van der Waals surface area contributed by atoms with Crippen molar-refractivity contribution in [2.75, 3.05) is 12.4 Å². The molecule has 144 valence electrons. The number of amides is 3. The lowest BCUT2D eigenvalue weighted by Gasteiger charge is -2.10. The summed E-state index contributed by atoms with van der Waals surface area (Å²) in [5.74, 6) is 0.406. The topological polar surface area (TPSA) is 105 Å². The van der Waals surface area contributed by atoms with Gasteiger partial charge in [0, 0.05) is 30.5 Å². The molecule has 0 saturated carbocycles. The summed E-state index contributed by atoms with van der Waals surface area (Å²) in [6, 6.07) is 13.7. The number of nitrogens with zero attached hydrogens (tertiary/aromatic N) is 1. The molecule has 3 aromatic rings. The molecule has 1 aromatic carbocycles. The number of furan rings is 1. The maximum absolute atomic E-state index is 12.0. The van der Waals surface area contributed by atoms with Crippen molar-refractivity contribution in [1.82, 2.24) is 15.6 Å². The Morgan fingerprint density at radius 1 is 1.04 bits per heavy atom. The van der Waals surface area contributed by atoms with E-state index < -0.39 is 0 Å². The van der Waals surface area contributed by atoms with Crippen molar-refractivity contribution in [2.45, 2.75) is 13.1 Å². The third-order valence-electron chi connectivity index (χ3n) is 3.89. The highest BCUT2D eigenvalue weighted by Gasteiger charge is 2.09. The second-order valence-electron chi connectivity index (χ2n) is 5.84. The van der Waals surface area contributed by atoms with Crippen LogP contribution in [0.2, 0.25) is 0 Å². The van der Waals surface area contributed by atoms with E-state index >= 15 is 0 Å². The summed E-state index contributed by atoms with van der Waals surface area (Å²) in [4.78, 5) is 28.0. The molecule has 2 aromatic heterocycles. The van der Waals surface area contributed by atoms with Crippen molar-refractivity contribution in [3.8, 4) is 5.88 Å². The fourth-order valence-corrected chi connectivity index (χ4v) is 2.47. The van der Waals surface area contributed by atoms with E-state index in [9.17, 15) is 9.59 Å². The summed E-state index contributed by atoms with van der Waals surface area (Å²) in [5, 5.41) is 8.27. The van der Waals surface area contributed by atoms with E-state index in [2.05, 4.69) is 20.9 Å². The van der Waals surface area contributed by atoms with E-state index in [4.69, 9.17) is 9.15 Å². The molecule has 0 unspecified atom stereocenters. The number of ether oxygens (including phenoxy) is 1. The molecule has 0 bridgehead atoms. The van der Waals surface area contributed by atoms with Gasteiger partial charge in [-0.1, -0.05) is 18.2 Å². The zero-order chi connectivity index (χ0) is 19.8. The quantitative estimate of drug-likeness (QED) is 0.584. The van der Waals surface area contributed by atoms with Gasteiger partial charge < -0.3 is 25.1 Å². The van der Waals surface area contributed by atoms with E-state index in [0.717, 1.165) is 11.1 Å². The van der Waals surface area contributed by atoms with Crippen molar-refractivity contribution in [3.63, 3.8) is 0 Å². The van der Waals surface area contributed by atoms with Gasteiger partial charge in [0.2, 0.25) is 5.88 Å². The smallest absolute Gasteiger partial charge is 0.315 e. The molecular formula is C20H20N4O4. The van der Waals surface area contributed by atoms with Crippen LogP contribution in [0.3, 0.4) is 0 Å². The van der Waals surface area contributed by atoms with Crippen LogP contribution in [-0.2, 0) is 13.1 Å². The van der Waals surface area contributed by atoms with Crippen LogP contribution in [0.1, 0.15) is 21.7 Å². The Balaban J connectivity index is 1.45. The highest BCUT2D eigenvalue weighted by molar-refractivity contribution is 6.02. The summed E-state index contributed by atoms with van der Waals surface area (Å²) in [6.45, 7) is 0.656. The van der Waals surface area contributed by atoms with Crippen molar-refractivity contribution in [3.05, 3.63) is 77.9 Å². The Morgan fingerprint density at radius 2 is 1.82 bits per heavy atom. The number of carbonyl (C=O) groups excluding carboxylic acids is 2. The van der Waals surface area contributed by atoms with Crippen LogP contribution in [0, 0.1) is 0 Å². The van der Waals surface area contributed by atoms with E-state index in [1.54, 1.807) is 36.5 Å². The number of hydrogen-bond donors (Lipinski definition) is 3. The van der Waals surface area contributed by atoms with Gasteiger partial charge in [-0.05, 0) is 35.9 Å². The van der Waals surface area contributed by atoms with Gasteiger partial charge in [0.05, 0.1) is 13.4 Å². The Labute approximate surface area is 161 Å². The third kappa shape index (κ3) is 5.10. The fraction of sp³-hybridized carbons (Fsp3) is 0.150. The number of benzene rings is 1. The molecule has 0 radical (unpaired) electrons. The van der Waals surface area contributed by atoms with Gasteiger partial charge in [0.15, 0.2) is 5.76 Å². The van der Waals surface area contributed by atoms with Crippen LogP contribution < -0.4 is 20.7 Å². The summed E-state index contributed by atoms with van der Waals surface area (Å²) >= 11 is 0. The highest BCUT2D eigenvalue weighted by atomic mass is 16.5. The fourth-order valence-electron chi connectivity index (χ4n) is 2.47. The maximum Gasteiger partial charge on any atom is 0.315 e. The minimum absolute atomic E-state index is 0.243. The molecule has 3 amide bonds. The number of aromatic nitrogens is 1. The molecule has 0 spiro atoms. The molecule has 0 atom stereocenters. The first-order valence-corrected chi connectivity index (χ1v) is 8.59. The molecule has 0 aliphatic rings. The zero-order valence-corrected chi connectivity index (χ0v) is 15.3. The Kier molecular flexibility index (Phi) is 6.25. The zero-order valence-electron chi connectivity index (χ0n) is 15.3. The summed E-state index contributed by atoms with van der Waals surface area (Å²) in [6.07, 6.45) is 3.07. The lowest BCUT2D eigenvalue weighted by molar-refractivity contribution is 0.0996. The standard InChI is InChI=1S/C20H20N4O4/c1-27-19-15(4-2-10-21-19)13-23-20(26)22-12-14-6-8-16(9-7-14)24-18(25)17-5-3-11-28-17/h2-11H,12-13H2,1H3,(H,24,25)(H2,22,23,26). The average Bonchev–Trinajstić information content (AvgIpc) is 3.27. The van der Waals surface area contributed by atoms with Gasteiger partial charge in [0.1, 0.15) is 0 Å². The van der Waals surface area contributed by atoms with Crippen molar-refractivity contribution >= 4 is 17.6 Å². The molecule has 3 N–H and O–H groups in total. The second-order valence-corrected chi connectivity index (χ2v) is 5.84. The predicted octanol–water partition coefficient (Wildman–Crippen LogP) is 2.93. The van der Waals surface area contributed by atoms with Crippen LogP contribution in [0.15, 0.2) is 65.4 Å². The predicted molar refractivity (Wildman–Crippen MR) is 103 cm³/mol. The van der Waals surface area contributed by atoms with E-state index in [1.807, 2.05) is 18.2 Å². The largest absolute Gasteiger partial charge is 0.481 e. The van der Waals surface area contributed by atoms with Gasteiger partial charge in [-0.25, -0.2) is 9.78 Å². The van der Waals surface area contributed by atoms with E-state index in [0.29, 0.717) is 24.7 Å². The third-order valence-corrected chi connectivity index (χ3v) is 3.89. The highest BCUT2D eigenvalue weighted by Crippen LogP contribution is 2.13. The van der Waals surface area contributed by atoms with Gasteiger partial charge >= 0.3 is 6.03 Å². The summed E-state index contributed by atoms with van der Waals surface area (Å²) in [7, 11) is 1.53. The summed E-state index contributed by atoms with van der Waals surface area (Å²) < 4.78 is 10.2. The number of anilines is 1. The Bertz CT molecular complexity index is 924. The number of carbonyl (C=O) groups is 2.